The predicted octanol–water partition coefficient (Wildman–Crippen LogP) is 3.23. The lowest BCUT2D eigenvalue weighted by molar-refractivity contribution is 0.0939. The van der Waals surface area contributed by atoms with Gasteiger partial charge in [0.1, 0.15) is 0 Å². The first kappa shape index (κ1) is 12.6. The number of benzene rings is 1. The minimum atomic E-state index is -0.143. The fourth-order valence-corrected chi connectivity index (χ4v) is 1.84. The summed E-state index contributed by atoms with van der Waals surface area (Å²) < 4.78 is 0. The second-order valence-corrected chi connectivity index (χ2v) is 4.43. The molecule has 0 unspecified atom stereocenters. The Morgan fingerprint density at radius 1 is 1.33 bits per heavy atom. The summed E-state index contributed by atoms with van der Waals surface area (Å²) in [4.78, 5) is 15.8. The number of rotatable bonds is 3. The molecule has 2 rings (SSSR count). The molecule has 3 nitrogen and oxygen atoms in total. The molecule has 0 aliphatic heterocycles. The second-order valence-electron chi connectivity index (χ2n) is 3.99. The highest BCUT2D eigenvalue weighted by atomic mass is 35.5. The van der Waals surface area contributed by atoms with Gasteiger partial charge >= 0.3 is 0 Å². The number of hydrogen-bond donors (Lipinski definition) is 1. The molecule has 1 atom stereocenters. The molecule has 0 fully saturated rings. The molecule has 92 valence electrons. The molecule has 1 amide bonds. The molecular formula is C14H13ClN2O. The Morgan fingerprint density at radius 3 is 2.83 bits per heavy atom. The Balaban J connectivity index is 2.08. The average Bonchev–Trinajstić information content (AvgIpc) is 2.39. The van der Waals surface area contributed by atoms with Gasteiger partial charge in [-0.2, -0.15) is 0 Å². The monoisotopic (exact) mass is 260 g/mol. The van der Waals surface area contributed by atoms with Crippen LogP contribution in [0.5, 0.6) is 0 Å². The molecule has 0 radical (unpaired) electrons. The van der Waals surface area contributed by atoms with Crippen molar-refractivity contribution in [2.45, 2.75) is 13.0 Å². The molecule has 0 spiro atoms. The van der Waals surface area contributed by atoms with Crippen LogP contribution in [0.4, 0.5) is 0 Å². The summed E-state index contributed by atoms with van der Waals surface area (Å²) in [6.45, 7) is 1.92. The van der Waals surface area contributed by atoms with Gasteiger partial charge in [0.2, 0.25) is 0 Å². The molecule has 18 heavy (non-hydrogen) atoms. The lowest BCUT2D eigenvalue weighted by Gasteiger charge is -2.14. The predicted molar refractivity (Wildman–Crippen MR) is 71.6 cm³/mol. The minimum Gasteiger partial charge on any atom is -0.345 e. The third-order valence-electron chi connectivity index (χ3n) is 2.62. The van der Waals surface area contributed by atoms with Crippen LogP contribution in [-0.4, -0.2) is 10.9 Å². The fourth-order valence-electron chi connectivity index (χ4n) is 1.64. The highest BCUT2D eigenvalue weighted by molar-refractivity contribution is 6.30. The maximum atomic E-state index is 11.9. The van der Waals surface area contributed by atoms with E-state index in [9.17, 15) is 4.79 Å². The summed E-state index contributed by atoms with van der Waals surface area (Å²) in [5, 5.41) is 3.56. The van der Waals surface area contributed by atoms with E-state index in [1.807, 2.05) is 25.1 Å². The molecule has 4 heteroatoms. The Labute approximate surface area is 111 Å². The van der Waals surface area contributed by atoms with E-state index in [2.05, 4.69) is 10.3 Å². The van der Waals surface area contributed by atoms with Crippen molar-refractivity contribution in [3.05, 3.63) is 64.9 Å². The lowest BCUT2D eigenvalue weighted by atomic mass is 10.1. The summed E-state index contributed by atoms with van der Waals surface area (Å²) in [5.74, 6) is -0.143. The smallest absolute Gasteiger partial charge is 0.253 e. The van der Waals surface area contributed by atoms with E-state index >= 15 is 0 Å². The van der Waals surface area contributed by atoms with Crippen LogP contribution in [-0.2, 0) is 0 Å². The second kappa shape index (κ2) is 5.65. The van der Waals surface area contributed by atoms with Crippen LogP contribution in [0.15, 0.2) is 48.8 Å². The molecular weight excluding hydrogens is 248 g/mol. The van der Waals surface area contributed by atoms with E-state index in [-0.39, 0.29) is 11.9 Å². The third-order valence-corrected chi connectivity index (χ3v) is 2.86. The van der Waals surface area contributed by atoms with Gasteiger partial charge in [-0.15, -0.1) is 0 Å². The van der Waals surface area contributed by atoms with E-state index in [4.69, 9.17) is 11.6 Å². The number of amides is 1. The molecule has 1 heterocycles. The minimum absolute atomic E-state index is 0.101. The Bertz CT molecular complexity index is 543. The largest absolute Gasteiger partial charge is 0.345 e. The van der Waals surface area contributed by atoms with Gasteiger partial charge in [-0.25, -0.2) is 0 Å². The lowest BCUT2D eigenvalue weighted by Crippen LogP contribution is -2.26. The molecule has 1 N–H and O–H groups in total. The number of hydrogen-bond acceptors (Lipinski definition) is 2. The first-order valence-corrected chi connectivity index (χ1v) is 6.01. The van der Waals surface area contributed by atoms with E-state index in [1.54, 1.807) is 30.6 Å². The first-order valence-electron chi connectivity index (χ1n) is 5.63. The van der Waals surface area contributed by atoms with Gasteiger partial charge in [0.25, 0.3) is 5.91 Å². The molecule has 0 saturated heterocycles. The molecule has 0 aliphatic carbocycles. The van der Waals surface area contributed by atoms with Crippen LogP contribution < -0.4 is 5.32 Å². The van der Waals surface area contributed by atoms with Crippen molar-refractivity contribution >= 4 is 17.5 Å². The molecule has 0 bridgehead atoms. The van der Waals surface area contributed by atoms with Crippen molar-refractivity contribution in [1.29, 1.82) is 0 Å². The van der Waals surface area contributed by atoms with Crippen LogP contribution in [0.2, 0.25) is 5.02 Å². The van der Waals surface area contributed by atoms with Gasteiger partial charge in [-0.05, 0) is 36.8 Å². The van der Waals surface area contributed by atoms with E-state index in [0.717, 1.165) is 5.56 Å². The van der Waals surface area contributed by atoms with Crippen molar-refractivity contribution in [3.63, 3.8) is 0 Å². The number of halogens is 1. The summed E-state index contributed by atoms with van der Waals surface area (Å²) >= 11 is 5.92. The Morgan fingerprint density at radius 2 is 2.17 bits per heavy atom. The third kappa shape index (κ3) is 3.08. The highest BCUT2D eigenvalue weighted by Gasteiger charge is 2.11. The van der Waals surface area contributed by atoms with E-state index in [0.29, 0.717) is 10.6 Å². The van der Waals surface area contributed by atoms with Gasteiger partial charge in [-0.1, -0.05) is 23.7 Å². The quantitative estimate of drug-likeness (QED) is 0.921. The average molecular weight is 261 g/mol. The molecule has 0 aliphatic rings. The summed E-state index contributed by atoms with van der Waals surface area (Å²) in [7, 11) is 0. The summed E-state index contributed by atoms with van der Waals surface area (Å²) in [6, 6.07) is 10.8. The fraction of sp³-hybridized carbons (Fsp3) is 0.143. The van der Waals surface area contributed by atoms with E-state index in [1.165, 1.54) is 0 Å². The summed E-state index contributed by atoms with van der Waals surface area (Å²) in [6.07, 6.45) is 3.18. The highest BCUT2D eigenvalue weighted by Crippen LogP contribution is 2.17. The van der Waals surface area contributed by atoms with Crippen LogP contribution in [0.3, 0.4) is 0 Å². The molecule has 2 aromatic rings. The van der Waals surface area contributed by atoms with Crippen molar-refractivity contribution in [2.75, 3.05) is 0 Å². The number of carbonyl (C=O) groups excluding carboxylic acids is 1. The summed E-state index contributed by atoms with van der Waals surface area (Å²) in [5.41, 5.74) is 1.52. The first-order chi connectivity index (χ1) is 8.66. The molecule has 1 aromatic heterocycles. The van der Waals surface area contributed by atoms with Crippen molar-refractivity contribution in [3.8, 4) is 0 Å². The molecule has 1 aromatic carbocycles. The number of pyridine rings is 1. The number of nitrogens with zero attached hydrogens (tertiary/aromatic N) is 1. The van der Waals surface area contributed by atoms with Gasteiger partial charge in [0, 0.05) is 17.4 Å². The van der Waals surface area contributed by atoms with Gasteiger partial charge < -0.3 is 5.32 Å². The zero-order valence-corrected chi connectivity index (χ0v) is 10.7. The maximum absolute atomic E-state index is 11.9. The van der Waals surface area contributed by atoms with Crippen LogP contribution in [0.1, 0.15) is 28.9 Å². The number of nitrogens with one attached hydrogen (secondary N) is 1. The Hall–Kier alpha value is -1.87. The topological polar surface area (TPSA) is 42.0 Å². The van der Waals surface area contributed by atoms with Crippen molar-refractivity contribution in [1.82, 2.24) is 10.3 Å². The van der Waals surface area contributed by atoms with Crippen LogP contribution in [0.25, 0.3) is 0 Å². The number of carbonyl (C=O) groups is 1. The van der Waals surface area contributed by atoms with Gasteiger partial charge in [-0.3, -0.25) is 9.78 Å². The van der Waals surface area contributed by atoms with E-state index < -0.39 is 0 Å². The van der Waals surface area contributed by atoms with Crippen molar-refractivity contribution in [2.24, 2.45) is 0 Å². The van der Waals surface area contributed by atoms with Crippen LogP contribution >= 0.6 is 11.6 Å². The van der Waals surface area contributed by atoms with Crippen molar-refractivity contribution < 1.29 is 4.79 Å². The van der Waals surface area contributed by atoms with Gasteiger partial charge in [0.15, 0.2) is 0 Å². The zero-order valence-electron chi connectivity index (χ0n) is 9.93. The SMILES string of the molecule is C[C@H](NC(=O)c1cccnc1)c1cccc(Cl)c1. The van der Waals surface area contributed by atoms with Crippen LogP contribution in [0, 0.1) is 0 Å². The maximum Gasteiger partial charge on any atom is 0.253 e. The molecule has 0 saturated carbocycles. The Kier molecular flexibility index (Phi) is 3.95. The normalized spacial score (nSPS) is 11.9. The standard InChI is InChI=1S/C14H13ClN2O/c1-10(11-4-2-6-13(15)8-11)17-14(18)12-5-3-7-16-9-12/h2-10H,1H3,(H,17,18)/t10-/m0/s1. The number of aromatic nitrogens is 1. The zero-order chi connectivity index (χ0) is 13.0. The van der Waals surface area contributed by atoms with Gasteiger partial charge in [0.05, 0.1) is 11.6 Å².